The zero-order valence-electron chi connectivity index (χ0n) is 13.3. The number of hydrogen-bond donors (Lipinski definition) is 2. The minimum absolute atomic E-state index is 0.472. The van der Waals surface area contributed by atoms with Gasteiger partial charge < -0.3 is 10.1 Å². The van der Waals surface area contributed by atoms with Gasteiger partial charge in [0.05, 0.1) is 18.4 Å². The van der Waals surface area contributed by atoms with E-state index in [9.17, 15) is 4.79 Å². The lowest BCUT2D eigenvalue weighted by molar-refractivity contribution is 0.0636. The number of rotatable bonds is 4. The number of aromatic nitrogens is 3. The number of nitrogens with one attached hydrogen (secondary N) is 2. The first-order valence-corrected chi connectivity index (χ1v) is 7.01. The van der Waals surface area contributed by atoms with Crippen LogP contribution in [0.5, 0.6) is 0 Å². The molecule has 0 aliphatic heterocycles. The maximum Gasteiger partial charge on any atom is 0.412 e. The number of ether oxygens (including phenoxy) is 1. The van der Waals surface area contributed by atoms with Crippen molar-refractivity contribution in [2.75, 3.05) is 10.6 Å². The predicted octanol–water partition coefficient (Wildman–Crippen LogP) is 2.77. The second-order valence-electron chi connectivity index (χ2n) is 5.91. The van der Waals surface area contributed by atoms with E-state index in [1.807, 2.05) is 46.0 Å². The summed E-state index contributed by atoms with van der Waals surface area (Å²) in [4.78, 5) is 11.8. The van der Waals surface area contributed by atoms with Crippen LogP contribution in [0.2, 0.25) is 0 Å². The van der Waals surface area contributed by atoms with Crippen molar-refractivity contribution >= 4 is 17.5 Å². The Kier molecular flexibility index (Phi) is 4.65. The molecule has 2 aromatic rings. The first-order chi connectivity index (χ1) is 10.3. The molecule has 0 bridgehead atoms. The fourth-order valence-corrected chi connectivity index (χ4v) is 1.79. The zero-order valence-corrected chi connectivity index (χ0v) is 13.3. The van der Waals surface area contributed by atoms with Crippen LogP contribution in [0.15, 0.2) is 30.5 Å². The van der Waals surface area contributed by atoms with Crippen LogP contribution in [0.4, 0.5) is 16.2 Å². The van der Waals surface area contributed by atoms with Crippen molar-refractivity contribution in [3.8, 4) is 0 Å². The molecule has 1 aromatic carbocycles. The lowest BCUT2D eigenvalue weighted by Gasteiger charge is -2.19. The molecular formula is C15H21N5O2. The third-order valence-corrected chi connectivity index (χ3v) is 2.79. The summed E-state index contributed by atoms with van der Waals surface area (Å²) >= 11 is 0. The second kappa shape index (κ2) is 6.46. The molecule has 2 rings (SSSR count). The molecule has 0 aliphatic carbocycles. The Bertz CT molecular complexity index is 645. The van der Waals surface area contributed by atoms with E-state index in [1.54, 1.807) is 16.9 Å². The Morgan fingerprint density at radius 2 is 2.05 bits per heavy atom. The maximum atomic E-state index is 11.8. The van der Waals surface area contributed by atoms with Crippen molar-refractivity contribution in [2.45, 2.75) is 32.9 Å². The molecule has 0 atom stereocenters. The fraction of sp³-hybridized carbons (Fsp3) is 0.400. The normalized spacial score (nSPS) is 11.1. The van der Waals surface area contributed by atoms with Crippen molar-refractivity contribution in [3.63, 3.8) is 0 Å². The molecular weight excluding hydrogens is 282 g/mol. The van der Waals surface area contributed by atoms with Crippen LogP contribution < -0.4 is 10.6 Å². The van der Waals surface area contributed by atoms with Gasteiger partial charge in [0.2, 0.25) is 0 Å². The van der Waals surface area contributed by atoms with Crippen LogP contribution in [0.3, 0.4) is 0 Å². The van der Waals surface area contributed by atoms with Gasteiger partial charge in [-0.3, -0.25) is 10.00 Å². The molecule has 22 heavy (non-hydrogen) atoms. The summed E-state index contributed by atoms with van der Waals surface area (Å²) in [6, 6.07) is 7.43. The SMILES string of the molecule is Cn1nncc1CNc1cccc(NC(=O)OC(C)(C)C)c1. The summed E-state index contributed by atoms with van der Waals surface area (Å²) in [6.45, 7) is 6.07. The van der Waals surface area contributed by atoms with E-state index < -0.39 is 11.7 Å². The first kappa shape index (κ1) is 15.8. The molecule has 118 valence electrons. The largest absolute Gasteiger partial charge is 0.444 e. The summed E-state index contributed by atoms with van der Waals surface area (Å²) in [7, 11) is 1.84. The van der Waals surface area contributed by atoms with E-state index in [1.165, 1.54) is 0 Å². The quantitative estimate of drug-likeness (QED) is 0.907. The lowest BCUT2D eigenvalue weighted by atomic mass is 10.2. The van der Waals surface area contributed by atoms with Gasteiger partial charge in [-0.15, -0.1) is 5.10 Å². The summed E-state index contributed by atoms with van der Waals surface area (Å²) in [5.41, 5.74) is 1.99. The molecule has 0 spiro atoms. The highest BCUT2D eigenvalue weighted by atomic mass is 16.6. The third-order valence-electron chi connectivity index (χ3n) is 2.79. The van der Waals surface area contributed by atoms with Gasteiger partial charge in [-0.25, -0.2) is 4.79 Å². The highest BCUT2D eigenvalue weighted by molar-refractivity contribution is 5.85. The summed E-state index contributed by atoms with van der Waals surface area (Å²) in [5, 5.41) is 13.7. The second-order valence-corrected chi connectivity index (χ2v) is 5.91. The molecule has 1 amide bonds. The minimum Gasteiger partial charge on any atom is -0.444 e. The standard InChI is InChI=1S/C15H21N5O2/c1-15(2,3)22-14(21)18-12-7-5-6-11(8-12)16-9-13-10-17-19-20(13)4/h5-8,10,16H,9H2,1-4H3,(H,18,21). The summed E-state index contributed by atoms with van der Waals surface area (Å²) < 4.78 is 6.93. The predicted molar refractivity (Wildman–Crippen MR) is 84.6 cm³/mol. The van der Waals surface area contributed by atoms with Crippen LogP contribution in [-0.2, 0) is 18.3 Å². The van der Waals surface area contributed by atoms with E-state index in [2.05, 4.69) is 20.9 Å². The maximum absolute atomic E-state index is 11.8. The zero-order chi connectivity index (χ0) is 16.2. The van der Waals surface area contributed by atoms with Gasteiger partial charge in [0, 0.05) is 18.4 Å². The highest BCUT2D eigenvalue weighted by Gasteiger charge is 2.16. The Balaban J connectivity index is 1.95. The number of benzene rings is 1. The first-order valence-electron chi connectivity index (χ1n) is 7.01. The van der Waals surface area contributed by atoms with E-state index in [0.29, 0.717) is 12.2 Å². The van der Waals surface area contributed by atoms with Gasteiger partial charge >= 0.3 is 6.09 Å². The third kappa shape index (κ3) is 4.76. The van der Waals surface area contributed by atoms with Crippen LogP contribution in [0.25, 0.3) is 0 Å². The lowest BCUT2D eigenvalue weighted by Crippen LogP contribution is -2.27. The molecule has 7 nitrogen and oxygen atoms in total. The molecule has 0 saturated heterocycles. The Morgan fingerprint density at radius 3 is 2.68 bits per heavy atom. The van der Waals surface area contributed by atoms with Crippen molar-refractivity contribution in [1.82, 2.24) is 15.0 Å². The average molecular weight is 303 g/mol. The molecule has 2 N–H and O–H groups in total. The Morgan fingerprint density at radius 1 is 1.32 bits per heavy atom. The van der Waals surface area contributed by atoms with Crippen molar-refractivity contribution in [2.24, 2.45) is 7.05 Å². The van der Waals surface area contributed by atoms with Crippen molar-refractivity contribution in [3.05, 3.63) is 36.2 Å². The average Bonchev–Trinajstić information content (AvgIpc) is 2.80. The number of aryl methyl sites for hydroxylation is 1. The van der Waals surface area contributed by atoms with E-state index in [0.717, 1.165) is 11.4 Å². The van der Waals surface area contributed by atoms with Gasteiger partial charge in [0.25, 0.3) is 0 Å². The van der Waals surface area contributed by atoms with Crippen molar-refractivity contribution < 1.29 is 9.53 Å². The molecule has 0 radical (unpaired) electrons. The number of carbonyl (C=O) groups excluding carboxylic acids is 1. The number of amides is 1. The van der Waals surface area contributed by atoms with Gasteiger partial charge in [0.15, 0.2) is 0 Å². The number of nitrogens with zero attached hydrogens (tertiary/aromatic N) is 3. The number of anilines is 2. The number of hydrogen-bond acceptors (Lipinski definition) is 5. The molecule has 1 heterocycles. The molecule has 1 aromatic heterocycles. The Hall–Kier alpha value is -2.57. The van der Waals surface area contributed by atoms with Gasteiger partial charge in [0.1, 0.15) is 5.60 Å². The van der Waals surface area contributed by atoms with E-state index >= 15 is 0 Å². The highest BCUT2D eigenvalue weighted by Crippen LogP contribution is 2.17. The van der Waals surface area contributed by atoms with Crippen LogP contribution in [0.1, 0.15) is 26.5 Å². The Labute approximate surface area is 129 Å². The summed E-state index contributed by atoms with van der Waals surface area (Å²) in [6.07, 6.45) is 1.23. The van der Waals surface area contributed by atoms with Crippen LogP contribution in [0, 0.1) is 0 Å². The van der Waals surface area contributed by atoms with E-state index in [-0.39, 0.29) is 0 Å². The smallest absolute Gasteiger partial charge is 0.412 e. The fourth-order valence-electron chi connectivity index (χ4n) is 1.79. The molecule has 0 aliphatic rings. The topological polar surface area (TPSA) is 81.1 Å². The minimum atomic E-state index is -0.521. The number of carbonyl (C=O) groups is 1. The van der Waals surface area contributed by atoms with Gasteiger partial charge in [-0.1, -0.05) is 11.3 Å². The van der Waals surface area contributed by atoms with Crippen LogP contribution in [-0.4, -0.2) is 26.7 Å². The van der Waals surface area contributed by atoms with Crippen molar-refractivity contribution in [1.29, 1.82) is 0 Å². The molecule has 0 unspecified atom stereocenters. The van der Waals surface area contributed by atoms with Crippen LogP contribution >= 0.6 is 0 Å². The molecule has 0 fully saturated rings. The van der Waals surface area contributed by atoms with Gasteiger partial charge in [-0.2, -0.15) is 0 Å². The molecule has 7 heteroatoms. The monoisotopic (exact) mass is 303 g/mol. The van der Waals surface area contributed by atoms with E-state index in [4.69, 9.17) is 4.74 Å². The molecule has 0 saturated carbocycles. The van der Waals surface area contributed by atoms with Gasteiger partial charge in [-0.05, 0) is 39.0 Å². The summed E-state index contributed by atoms with van der Waals surface area (Å²) in [5.74, 6) is 0.